The number of aryl methyl sites for hydroxylation is 2. The molecule has 2 bridgehead atoms. The van der Waals surface area contributed by atoms with Crippen molar-refractivity contribution in [3.63, 3.8) is 0 Å². The van der Waals surface area contributed by atoms with Gasteiger partial charge in [-0.25, -0.2) is 4.99 Å². The summed E-state index contributed by atoms with van der Waals surface area (Å²) >= 11 is 0. The monoisotopic (exact) mass is 598 g/mol. The van der Waals surface area contributed by atoms with Crippen molar-refractivity contribution in [3.8, 4) is 5.69 Å². The largest absolute Gasteiger partial charge is 0.326 e. The van der Waals surface area contributed by atoms with E-state index < -0.39 is 0 Å². The predicted octanol–water partition coefficient (Wildman–Crippen LogP) is 10.4. The molecule has 5 fully saturated rings. The van der Waals surface area contributed by atoms with Crippen LogP contribution in [0, 0.1) is 13.8 Å². The fourth-order valence-electron chi connectivity index (χ4n) is 12.1. The molecule has 0 atom stereocenters. The summed E-state index contributed by atoms with van der Waals surface area (Å²) in [6, 6.07) is 22.9. The second-order valence-electron chi connectivity index (χ2n) is 15.1. The number of aromatic nitrogens is 1. The number of hydrogen-bond acceptors (Lipinski definition) is 3. The van der Waals surface area contributed by atoms with Crippen molar-refractivity contribution in [3.05, 3.63) is 71.8 Å². The van der Waals surface area contributed by atoms with Crippen molar-refractivity contribution >= 4 is 33.5 Å². The number of nitrogens with zero attached hydrogens (tertiary/aromatic N) is 4. The van der Waals surface area contributed by atoms with Gasteiger partial charge < -0.3 is 14.4 Å². The maximum Gasteiger partial charge on any atom is 0.203 e. The Balaban J connectivity index is 0.00000138. The molecule has 0 unspecified atom stereocenters. The van der Waals surface area contributed by atoms with Crippen LogP contribution in [0.25, 0.3) is 27.5 Å². The smallest absolute Gasteiger partial charge is 0.203 e. The number of aliphatic imine (C=N–C) groups is 1. The average molecular weight is 599 g/mol. The highest BCUT2D eigenvalue weighted by Gasteiger charge is 2.78. The van der Waals surface area contributed by atoms with Crippen LogP contribution in [0.2, 0.25) is 0 Å². The number of hydrogen-bond donors (Lipinski definition) is 0. The Labute approximate surface area is 269 Å². The molecule has 5 heterocycles. The molecule has 10 rings (SSSR count). The van der Waals surface area contributed by atoms with E-state index in [9.17, 15) is 0 Å². The molecular weight excluding hydrogens is 548 g/mol. The second-order valence-corrected chi connectivity index (χ2v) is 15.1. The molecule has 4 aliphatic heterocycles. The van der Waals surface area contributed by atoms with Crippen LogP contribution in [0.3, 0.4) is 0 Å². The van der Waals surface area contributed by atoms with E-state index in [-0.39, 0.29) is 22.2 Å². The highest BCUT2D eigenvalue weighted by atomic mass is 15.6. The van der Waals surface area contributed by atoms with Gasteiger partial charge in [0.1, 0.15) is 0 Å². The topological polar surface area (TPSA) is 23.8 Å². The van der Waals surface area contributed by atoms with E-state index in [1.54, 1.807) is 0 Å². The second kappa shape index (κ2) is 9.62. The van der Waals surface area contributed by atoms with Gasteiger partial charge in [-0.15, -0.1) is 0 Å². The third kappa shape index (κ3) is 3.22. The molecular formula is C41H50N4. The third-order valence-electron chi connectivity index (χ3n) is 13.5. The molecule has 2 spiro atoms. The van der Waals surface area contributed by atoms with E-state index in [0.29, 0.717) is 0 Å². The lowest BCUT2D eigenvalue weighted by atomic mass is 9.56. The van der Waals surface area contributed by atoms with Gasteiger partial charge in [-0.05, 0) is 113 Å². The quantitative estimate of drug-likeness (QED) is 0.229. The third-order valence-corrected chi connectivity index (χ3v) is 13.5. The van der Waals surface area contributed by atoms with Gasteiger partial charge in [0.2, 0.25) is 5.96 Å². The van der Waals surface area contributed by atoms with E-state index in [1.165, 1.54) is 140 Å². The minimum absolute atomic E-state index is 0.152. The summed E-state index contributed by atoms with van der Waals surface area (Å²) < 4.78 is 2.51. The molecule has 3 aromatic carbocycles. The van der Waals surface area contributed by atoms with Gasteiger partial charge in [-0.1, -0.05) is 75.9 Å². The van der Waals surface area contributed by atoms with Gasteiger partial charge in [0.05, 0.1) is 33.2 Å². The van der Waals surface area contributed by atoms with E-state index in [2.05, 4.69) is 88.9 Å². The van der Waals surface area contributed by atoms with Gasteiger partial charge >= 0.3 is 0 Å². The van der Waals surface area contributed by atoms with Gasteiger partial charge in [0, 0.05) is 22.1 Å². The van der Waals surface area contributed by atoms with Crippen molar-refractivity contribution < 1.29 is 0 Å². The molecule has 0 amide bonds. The highest BCUT2D eigenvalue weighted by Crippen LogP contribution is 2.70. The molecule has 45 heavy (non-hydrogen) atoms. The molecule has 2 saturated carbocycles. The Morgan fingerprint density at radius 3 is 1.67 bits per heavy atom. The molecule has 3 saturated heterocycles. The Morgan fingerprint density at radius 2 is 1.04 bits per heavy atom. The average Bonchev–Trinajstić information content (AvgIpc) is 3.89. The summed E-state index contributed by atoms with van der Waals surface area (Å²) in [4.78, 5) is 12.0. The fourth-order valence-corrected chi connectivity index (χ4v) is 12.1. The number of piperidine rings is 2. The van der Waals surface area contributed by atoms with Gasteiger partial charge in [-0.3, -0.25) is 0 Å². The van der Waals surface area contributed by atoms with Crippen molar-refractivity contribution in [2.75, 3.05) is 4.90 Å². The summed E-state index contributed by atoms with van der Waals surface area (Å²) in [6.45, 7) is 8.73. The van der Waals surface area contributed by atoms with E-state index in [4.69, 9.17) is 4.99 Å². The fraction of sp³-hybridized carbons (Fsp3) is 0.537. The molecule has 6 aliphatic rings. The molecule has 4 nitrogen and oxygen atoms in total. The Morgan fingerprint density at radius 1 is 0.556 bits per heavy atom. The van der Waals surface area contributed by atoms with Gasteiger partial charge in [-0.2, -0.15) is 0 Å². The summed E-state index contributed by atoms with van der Waals surface area (Å²) in [7, 11) is 0. The van der Waals surface area contributed by atoms with Gasteiger partial charge in [0.15, 0.2) is 0 Å². The van der Waals surface area contributed by atoms with Crippen LogP contribution in [0.1, 0.15) is 115 Å². The Hall–Kier alpha value is -3.27. The first-order valence-corrected chi connectivity index (χ1v) is 18.3. The van der Waals surface area contributed by atoms with Crippen molar-refractivity contribution in [1.82, 2.24) is 9.47 Å². The number of fused-ring (bicyclic) bond motifs is 3. The minimum atomic E-state index is 0.152. The number of para-hydroxylation sites is 2. The van der Waals surface area contributed by atoms with Crippen LogP contribution >= 0.6 is 0 Å². The Bertz CT molecular complexity index is 1780. The normalized spacial score (nSPS) is 28.7. The summed E-state index contributed by atoms with van der Waals surface area (Å²) in [5.41, 5.74) is 8.94. The van der Waals surface area contributed by atoms with Gasteiger partial charge in [0.25, 0.3) is 0 Å². The van der Waals surface area contributed by atoms with Crippen LogP contribution in [-0.4, -0.2) is 37.6 Å². The first-order chi connectivity index (χ1) is 22.0. The molecule has 0 radical (unpaired) electrons. The lowest BCUT2D eigenvalue weighted by Gasteiger charge is -2.64. The molecule has 4 heteroatoms. The first kappa shape index (κ1) is 28.0. The number of anilines is 1. The summed E-state index contributed by atoms with van der Waals surface area (Å²) in [5, 5.41) is 2.67. The zero-order valence-corrected chi connectivity index (χ0v) is 28.0. The van der Waals surface area contributed by atoms with E-state index in [1.807, 2.05) is 13.8 Å². The van der Waals surface area contributed by atoms with Crippen LogP contribution < -0.4 is 4.90 Å². The maximum atomic E-state index is 6.02. The van der Waals surface area contributed by atoms with Crippen LogP contribution in [0.15, 0.2) is 65.7 Å². The van der Waals surface area contributed by atoms with Crippen molar-refractivity contribution in [2.45, 2.75) is 140 Å². The van der Waals surface area contributed by atoms with Crippen LogP contribution in [-0.2, 0) is 0 Å². The standard InChI is InChI=1S/C39H44N4.C2H6/c1-27-26-34(28(2)25-33(27)41-31-15-5-3-13-29(31)30-14-4-6-16-32(30)41)42-35-40-36(17-7-8-18-36)37-21-11-23-39(43(35)37,24-12-22-37)38(42)19-9-10-20-38;1-2/h3-6,13-16,25-26H,7-12,17-24H2,1-2H3;1-2H3. The predicted molar refractivity (Wildman–Crippen MR) is 189 cm³/mol. The highest BCUT2D eigenvalue weighted by molar-refractivity contribution is 6.09. The van der Waals surface area contributed by atoms with Crippen molar-refractivity contribution in [2.24, 2.45) is 4.99 Å². The SMILES string of the molecule is CC.Cc1cc(-n2c3ccccc3c3ccccc32)c(C)cc1N1C2=NC3(CCCC3)C34CCCC(CCC3)(N24)C12CCCC2. The molecule has 4 aromatic rings. The van der Waals surface area contributed by atoms with E-state index in [0.717, 1.165) is 0 Å². The number of rotatable bonds is 2. The first-order valence-electron chi connectivity index (χ1n) is 18.3. The van der Waals surface area contributed by atoms with E-state index >= 15 is 0 Å². The molecule has 1 aromatic heterocycles. The number of guanidine groups is 1. The van der Waals surface area contributed by atoms with Crippen LogP contribution in [0.5, 0.6) is 0 Å². The summed E-state index contributed by atoms with van der Waals surface area (Å²) in [5.74, 6) is 1.38. The Kier molecular flexibility index (Phi) is 5.99. The maximum absolute atomic E-state index is 6.02. The molecule has 2 aliphatic carbocycles. The molecule has 234 valence electrons. The zero-order valence-electron chi connectivity index (χ0n) is 28.0. The lowest BCUT2D eigenvalue weighted by Crippen LogP contribution is -2.73. The zero-order chi connectivity index (χ0) is 30.6. The van der Waals surface area contributed by atoms with Crippen LogP contribution in [0.4, 0.5) is 5.69 Å². The lowest BCUT2D eigenvalue weighted by molar-refractivity contribution is -0.0885. The van der Waals surface area contributed by atoms with Crippen molar-refractivity contribution in [1.29, 1.82) is 0 Å². The summed E-state index contributed by atoms with van der Waals surface area (Å²) in [6.07, 6.45) is 18.9. The minimum Gasteiger partial charge on any atom is -0.326 e. The molecule has 0 N–H and O–H groups in total. The number of benzene rings is 3.